The highest BCUT2D eigenvalue weighted by Gasteiger charge is 2.05. The van der Waals surface area contributed by atoms with Crippen LogP contribution in [0.15, 0.2) is 53.6 Å². The highest BCUT2D eigenvalue weighted by molar-refractivity contribution is 6.30. The summed E-state index contributed by atoms with van der Waals surface area (Å²) in [6.45, 7) is 0.664. The Morgan fingerprint density at radius 1 is 1.18 bits per heavy atom. The second kappa shape index (κ2) is 6.15. The Labute approximate surface area is 130 Å². The van der Waals surface area contributed by atoms with Gasteiger partial charge in [0.25, 0.3) is 5.56 Å². The van der Waals surface area contributed by atoms with E-state index < -0.39 is 5.82 Å². The van der Waals surface area contributed by atoms with E-state index >= 15 is 0 Å². The molecule has 0 N–H and O–H groups in total. The summed E-state index contributed by atoms with van der Waals surface area (Å²) in [6, 6.07) is 10.9. The van der Waals surface area contributed by atoms with Gasteiger partial charge >= 0.3 is 0 Å². The molecule has 0 saturated carbocycles. The zero-order valence-corrected chi connectivity index (χ0v) is 12.3. The third-order valence-corrected chi connectivity index (χ3v) is 3.45. The van der Waals surface area contributed by atoms with Crippen LogP contribution in [0.2, 0.25) is 5.02 Å². The minimum Gasteiger partial charge on any atom is -0.492 e. The quantitative estimate of drug-likeness (QED) is 0.741. The van der Waals surface area contributed by atoms with Crippen LogP contribution in [0, 0.1) is 5.82 Å². The molecule has 3 rings (SSSR count). The summed E-state index contributed by atoms with van der Waals surface area (Å²) in [4.78, 5) is 16.3. The molecule has 3 aromatic rings. The van der Waals surface area contributed by atoms with Gasteiger partial charge in [-0.3, -0.25) is 9.36 Å². The van der Waals surface area contributed by atoms with Gasteiger partial charge in [0, 0.05) is 11.1 Å². The van der Waals surface area contributed by atoms with Crippen molar-refractivity contribution in [3.8, 4) is 5.75 Å². The van der Waals surface area contributed by atoms with Gasteiger partial charge in [-0.05, 0) is 36.4 Å². The van der Waals surface area contributed by atoms with Gasteiger partial charge in [-0.1, -0.05) is 11.6 Å². The van der Waals surface area contributed by atoms with Crippen LogP contribution in [0.3, 0.4) is 0 Å². The Morgan fingerprint density at radius 3 is 2.73 bits per heavy atom. The molecule has 0 aliphatic carbocycles. The lowest BCUT2D eigenvalue weighted by molar-refractivity contribution is 0.296. The maximum atomic E-state index is 13.1. The molecule has 0 bridgehead atoms. The molecular weight excluding hydrogens is 307 g/mol. The predicted octanol–water partition coefficient (Wildman–Crippen LogP) is 3.27. The summed E-state index contributed by atoms with van der Waals surface area (Å²) < 4.78 is 20.1. The normalized spacial score (nSPS) is 10.8. The third-order valence-electron chi connectivity index (χ3n) is 3.20. The minimum atomic E-state index is -0.414. The monoisotopic (exact) mass is 318 g/mol. The molecule has 0 radical (unpaired) electrons. The maximum Gasteiger partial charge on any atom is 0.261 e. The molecule has 4 nitrogen and oxygen atoms in total. The van der Waals surface area contributed by atoms with Gasteiger partial charge < -0.3 is 4.74 Å². The van der Waals surface area contributed by atoms with Crippen LogP contribution in [0.5, 0.6) is 5.75 Å². The molecule has 0 spiro atoms. The van der Waals surface area contributed by atoms with E-state index in [4.69, 9.17) is 16.3 Å². The Bertz CT molecular complexity index is 862. The van der Waals surface area contributed by atoms with Crippen LogP contribution < -0.4 is 10.3 Å². The number of benzene rings is 2. The van der Waals surface area contributed by atoms with E-state index in [0.717, 1.165) is 0 Å². The molecule has 0 atom stereocenters. The highest BCUT2D eigenvalue weighted by atomic mass is 35.5. The summed E-state index contributed by atoms with van der Waals surface area (Å²) in [6.07, 6.45) is 1.40. The van der Waals surface area contributed by atoms with E-state index in [-0.39, 0.29) is 5.56 Å². The second-order valence-corrected chi connectivity index (χ2v) is 5.14. The molecular formula is C16H12ClFN2O2. The fraction of sp³-hybridized carbons (Fsp3) is 0.125. The summed E-state index contributed by atoms with van der Waals surface area (Å²) >= 11 is 5.79. The fourth-order valence-electron chi connectivity index (χ4n) is 2.08. The van der Waals surface area contributed by atoms with Crippen molar-refractivity contribution < 1.29 is 9.13 Å². The number of ether oxygens (including phenoxy) is 1. The van der Waals surface area contributed by atoms with E-state index in [0.29, 0.717) is 34.8 Å². The van der Waals surface area contributed by atoms with Crippen molar-refractivity contribution in [3.05, 3.63) is 70.0 Å². The van der Waals surface area contributed by atoms with Crippen molar-refractivity contribution >= 4 is 22.5 Å². The minimum absolute atomic E-state index is 0.218. The van der Waals surface area contributed by atoms with Crippen LogP contribution in [0.25, 0.3) is 10.9 Å². The average Bonchev–Trinajstić information content (AvgIpc) is 2.51. The van der Waals surface area contributed by atoms with Crippen molar-refractivity contribution in [3.63, 3.8) is 0 Å². The van der Waals surface area contributed by atoms with Gasteiger partial charge in [0.15, 0.2) is 0 Å². The number of fused-ring (bicyclic) bond motifs is 1. The molecule has 1 heterocycles. The molecule has 0 amide bonds. The Kier molecular flexibility index (Phi) is 4.06. The zero-order chi connectivity index (χ0) is 15.5. The molecule has 0 aliphatic rings. The number of rotatable bonds is 4. The van der Waals surface area contributed by atoms with Gasteiger partial charge in [-0.25, -0.2) is 9.37 Å². The number of nitrogens with zero attached hydrogens (tertiary/aromatic N) is 2. The molecule has 0 aliphatic heterocycles. The van der Waals surface area contributed by atoms with Crippen LogP contribution in [-0.4, -0.2) is 16.2 Å². The van der Waals surface area contributed by atoms with E-state index in [1.165, 1.54) is 29.1 Å². The topological polar surface area (TPSA) is 44.1 Å². The first-order valence-electron chi connectivity index (χ1n) is 6.66. The molecule has 22 heavy (non-hydrogen) atoms. The standard InChI is InChI=1S/C16H12ClFN2O2/c17-11-1-4-13(5-2-11)22-8-7-20-10-19-15-9-12(18)3-6-14(15)16(20)21/h1-6,9-10H,7-8H2. The fourth-order valence-corrected chi connectivity index (χ4v) is 2.21. The van der Waals surface area contributed by atoms with Gasteiger partial charge in [0.05, 0.1) is 23.8 Å². The van der Waals surface area contributed by atoms with E-state index in [2.05, 4.69) is 4.98 Å². The van der Waals surface area contributed by atoms with Crippen molar-refractivity contribution in [2.24, 2.45) is 0 Å². The third kappa shape index (κ3) is 3.09. The van der Waals surface area contributed by atoms with Crippen molar-refractivity contribution in [1.29, 1.82) is 0 Å². The zero-order valence-electron chi connectivity index (χ0n) is 11.5. The van der Waals surface area contributed by atoms with Crippen LogP contribution >= 0.6 is 11.6 Å². The predicted molar refractivity (Wildman–Crippen MR) is 82.9 cm³/mol. The summed E-state index contributed by atoms with van der Waals surface area (Å²) in [5.41, 5.74) is 0.129. The molecule has 2 aromatic carbocycles. The Balaban J connectivity index is 1.74. The number of hydrogen-bond acceptors (Lipinski definition) is 3. The van der Waals surface area contributed by atoms with Crippen LogP contribution in [0.1, 0.15) is 0 Å². The van der Waals surface area contributed by atoms with Crippen molar-refractivity contribution in [2.75, 3.05) is 6.61 Å². The first-order chi connectivity index (χ1) is 10.6. The summed E-state index contributed by atoms with van der Waals surface area (Å²) in [5, 5.41) is 1.02. The lowest BCUT2D eigenvalue weighted by Gasteiger charge is -2.09. The van der Waals surface area contributed by atoms with E-state index in [1.807, 2.05) is 0 Å². The Hall–Kier alpha value is -2.40. The Morgan fingerprint density at radius 2 is 1.95 bits per heavy atom. The van der Waals surface area contributed by atoms with Crippen LogP contribution in [-0.2, 0) is 6.54 Å². The number of halogens is 2. The van der Waals surface area contributed by atoms with Gasteiger partial charge in [0.1, 0.15) is 18.2 Å². The molecule has 1 aromatic heterocycles. The lowest BCUT2D eigenvalue weighted by atomic mass is 10.2. The highest BCUT2D eigenvalue weighted by Crippen LogP contribution is 2.15. The SMILES string of the molecule is O=c1c2ccc(F)cc2ncn1CCOc1ccc(Cl)cc1. The molecule has 112 valence electrons. The molecule has 0 unspecified atom stereocenters. The average molecular weight is 319 g/mol. The van der Waals surface area contributed by atoms with E-state index in [9.17, 15) is 9.18 Å². The first kappa shape index (κ1) is 14.5. The molecule has 0 saturated heterocycles. The number of aromatic nitrogens is 2. The molecule has 0 fully saturated rings. The first-order valence-corrected chi connectivity index (χ1v) is 7.04. The van der Waals surface area contributed by atoms with E-state index in [1.54, 1.807) is 24.3 Å². The number of hydrogen-bond donors (Lipinski definition) is 0. The van der Waals surface area contributed by atoms with Crippen LogP contribution in [0.4, 0.5) is 4.39 Å². The summed E-state index contributed by atoms with van der Waals surface area (Å²) in [7, 11) is 0. The van der Waals surface area contributed by atoms with Gasteiger partial charge in [-0.2, -0.15) is 0 Å². The van der Waals surface area contributed by atoms with Gasteiger partial charge in [-0.15, -0.1) is 0 Å². The van der Waals surface area contributed by atoms with Gasteiger partial charge in [0.2, 0.25) is 0 Å². The summed E-state index contributed by atoms with van der Waals surface area (Å²) in [5.74, 6) is 0.261. The maximum absolute atomic E-state index is 13.1. The molecule has 6 heteroatoms. The largest absolute Gasteiger partial charge is 0.492 e. The second-order valence-electron chi connectivity index (χ2n) is 4.71. The lowest BCUT2D eigenvalue weighted by Crippen LogP contribution is -2.23. The van der Waals surface area contributed by atoms with Crippen molar-refractivity contribution in [2.45, 2.75) is 6.54 Å². The smallest absolute Gasteiger partial charge is 0.261 e. The van der Waals surface area contributed by atoms with Crippen molar-refractivity contribution in [1.82, 2.24) is 9.55 Å².